The molecule has 0 radical (unpaired) electrons. The molecule has 1 aromatic rings. The fraction of sp³-hybridized carbons (Fsp3) is 0.650. The summed E-state index contributed by atoms with van der Waals surface area (Å²) in [5, 5.41) is 14.5. The zero-order chi connectivity index (χ0) is 18.8. The van der Waals surface area contributed by atoms with Gasteiger partial charge in [0.15, 0.2) is 5.60 Å². The van der Waals surface area contributed by atoms with Gasteiger partial charge in [0, 0.05) is 18.8 Å². The molecular weight excluding hydrogens is 340 g/mol. The molecule has 3 rings (SSSR count). The van der Waals surface area contributed by atoms with Crippen LogP contribution in [-0.2, 0) is 21.6 Å². The Hall–Kier alpha value is -1.53. The van der Waals surface area contributed by atoms with Crippen LogP contribution in [0, 0.1) is 5.92 Å². The molecule has 1 aliphatic carbocycles. The van der Waals surface area contributed by atoms with Crippen LogP contribution in [-0.4, -0.2) is 36.2 Å². The Balaban J connectivity index is 1.88. The lowest BCUT2D eigenvalue weighted by molar-refractivity contribution is -0.181. The number of aryl methyl sites for hydroxylation is 1. The lowest BCUT2D eigenvalue weighted by atomic mass is 9.79. The zero-order valence-corrected chi connectivity index (χ0v) is 15.1. The average molecular weight is 367 g/mol. The minimum atomic E-state index is -2.85. The van der Waals surface area contributed by atoms with Crippen LogP contribution in [0.25, 0.3) is 0 Å². The van der Waals surface area contributed by atoms with Crippen molar-refractivity contribution in [3.05, 3.63) is 35.4 Å². The van der Waals surface area contributed by atoms with E-state index in [4.69, 9.17) is 4.74 Å². The molecule has 0 spiro atoms. The Morgan fingerprint density at radius 2 is 1.92 bits per heavy atom. The number of nitrogens with one attached hydrogen (secondary N) is 1. The van der Waals surface area contributed by atoms with Crippen LogP contribution < -0.4 is 5.32 Å². The molecule has 0 unspecified atom stereocenters. The van der Waals surface area contributed by atoms with Crippen molar-refractivity contribution in [2.75, 3.05) is 13.1 Å². The Labute approximate surface area is 152 Å². The predicted octanol–water partition coefficient (Wildman–Crippen LogP) is 3.17. The molecule has 0 bridgehead atoms. The summed E-state index contributed by atoms with van der Waals surface area (Å²) in [6.45, 7) is 3.48. The van der Waals surface area contributed by atoms with Crippen LogP contribution >= 0.6 is 0 Å². The fourth-order valence-corrected chi connectivity index (χ4v) is 3.98. The molecule has 0 amide bonds. The number of esters is 1. The van der Waals surface area contributed by atoms with Gasteiger partial charge < -0.3 is 15.2 Å². The molecule has 6 heteroatoms. The number of carbonyl (C=O) groups excluding carboxylic acids is 1. The number of carbonyl (C=O) groups is 1. The summed E-state index contributed by atoms with van der Waals surface area (Å²) in [5.41, 5.74) is -0.632. The quantitative estimate of drug-likeness (QED) is 0.785. The first-order valence-corrected chi connectivity index (χ1v) is 9.46. The number of halogens is 2. The normalized spacial score (nSPS) is 25.6. The molecule has 4 nitrogen and oxygen atoms in total. The second kappa shape index (κ2) is 7.61. The predicted molar refractivity (Wildman–Crippen MR) is 94.0 cm³/mol. The van der Waals surface area contributed by atoms with Crippen molar-refractivity contribution >= 4 is 5.97 Å². The van der Waals surface area contributed by atoms with Gasteiger partial charge in [-0.15, -0.1) is 0 Å². The van der Waals surface area contributed by atoms with Gasteiger partial charge in [0.1, 0.15) is 6.10 Å². The van der Waals surface area contributed by atoms with E-state index in [1.165, 1.54) is 0 Å². The number of aliphatic hydroxyl groups is 1. The minimum Gasteiger partial charge on any atom is -0.460 e. The van der Waals surface area contributed by atoms with E-state index in [2.05, 4.69) is 5.32 Å². The molecule has 144 valence electrons. The van der Waals surface area contributed by atoms with Gasteiger partial charge in [0.05, 0.1) is 0 Å². The molecule has 2 aliphatic rings. The summed E-state index contributed by atoms with van der Waals surface area (Å²) in [5.74, 6) is -4.49. The molecule has 1 saturated carbocycles. The Bertz CT molecular complexity index is 628. The summed E-state index contributed by atoms with van der Waals surface area (Å²) >= 11 is 0. The molecule has 2 fully saturated rings. The van der Waals surface area contributed by atoms with Crippen LogP contribution in [0.4, 0.5) is 8.78 Å². The van der Waals surface area contributed by atoms with E-state index in [0.717, 1.165) is 25.1 Å². The molecule has 1 aromatic carbocycles. The molecule has 1 saturated heterocycles. The van der Waals surface area contributed by atoms with Gasteiger partial charge in [0.2, 0.25) is 5.92 Å². The van der Waals surface area contributed by atoms with Gasteiger partial charge in [-0.25, -0.2) is 13.6 Å². The monoisotopic (exact) mass is 367 g/mol. The Morgan fingerprint density at radius 3 is 2.46 bits per heavy atom. The lowest BCUT2D eigenvalue weighted by Gasteiger charge is -2.34. The molecule has 2 N–H and O–H groups in total. The second-order valence-corrected chi connectivity index (χ2v) is 7.47. The second-order valence-electron chi connectivity index (χ2n) is 7.47. The van der Waals surface area contributed by atoms with E-state index in [0.29, 0.717) is 18.4 Å². The minimum absolute atomic E-state index is 0.0976. The Morgan fingerprint density at radius 1 is 1.27 bits per heavy atom. The lowest BCUT2D eigenvalue weighted by Crippen LogP contribution is -2.46. The summed E-state index contributed by atoms with van der Waals surface area (Å²) in [7, 11) is 0. The summed E-state index contributed by atoms with van der Waals surface area (Å²) in [4.78, 5) is 12.9. The number of ether oxygens (including phenoxy) is 1. The van der Waals surface area contributed by atoms with Gasteiger partial charge in [-0.2, -0.15) is 0 Å². The summed E-state index contributed by atoms with van der Waals surface area (Å²) in [6.07, 6.45) is 1.15. The third-order valence-corrected chi connectivity index (χ3v) is 5.67. The van der Waals surface area contributed by atoms with Crippen molar-refractivity contribution in [2.45, 2.75) is 63.1 Å². The van der Waals surface area contributed by atoms with Gasteiger partial charge in [-0.3, -0.25) is 0 Å². The molecular formula is C20H27F2NO3. The van der Waals surface area contributed by atoms with Crippen molar-refractivity contribution in [3.63, 3.8) is 0 Å². The highest BCUT2D eigenvalue weighted by Gasteiger charge is 2.54. The third kappa shape index (κ3) is 3.91. The van der Waals surface area contributed by atoms with Crippen molar-refractivity contribution in [1.29, 1.82) is 0 Å². The van der Waals surface area contributed by atoms with Crippen LogP contribution in [0.2, 0.25) is 0 Å². The molecule has 0 aromatic heterocycles. The number of alkyl halides is 2. The first-order chi connectivity index (χ1) is 12.3. The van der Waals surface area contributed by atoms with E-state index >= 15 is 0 Å². The van der Waals surface area contributed by atoms with E-state index in [1.54, 1.807) is 12.1 Å². The number of hydrogen-bond acceptors (Lipinski definition) is 4. The van der Waals surface area contributed by atoms with Gasteiger partial charge >= 0.3 is 5.97 Å². The van der Waals surface area contributed by atoms with Gasteiger partial charge in [0.25, 0.3) is 0 Å². The SMILES string of the molecule is CCc1ccc([C@@](O)(C(=O)OC2CCNCC2)[C@@H]2CCC(F)(F)C2)cc1. The first-order valence-electron chi connectivity index (χ1n) is 9.46. The summed E-state index contributed by atoms with van der Waals surface area (Å²) in [6, 6.07) is 6.98. The van der Waals surface area contributed by atoms with Gasteiger partial charge in [-0.05, 0) is 49.9 Å². The highest BCUT2D eigenvalue weighted by atomic mass is 19.3. The molecule has 1 aliphatic heterocycles. The maximum atomic E-state index is 13.8. The largest absolute Gasteiger partial charge is 0.460 e. The maximum Gasteiger partial charge on any atom is 0.343 e. The van der Waals surface area contributed by atoms with E-state index in [-0.39, 0.29) is 18.9 Å². The third-order valence-electron chi connectivity index (χ3n) is 5.67. The van der Waals surface area contributed by atoms with Crippen LogP contribution in [0.1, 0.15) is 50.2 Å². The van der Waals surface area contributed by atoms with Crippen molar-refractivity contribution < 1.29 is 23.4 Å². The van der Waals surface area contributed by atoms with Crippen LogP contribution in [0.15, 0.2) is 24.3 Å². The van der Waals surface area contributed by atoms with Crippen LogP contribution in [0.3, 0.4) is 0 Å². The maximum absolute atomic E-state index is 13.8. The number of benzene rings is 1. The standard InChI is InChI=1S/C20H27F2NO3/c1-2-14-3-5-15(6-4-14)20(25,16-7-10-19(21,22)13-16)18(24)26-17-8-11-23-12-9-17/h3-6,16-17,23,25H,2,7-13H2,1H3/t16-,20+/m1/s1. The Kier molecular flexibility index (Phi) is 5.63. The fourth-order valence-electron chi connectivity index (χ4n) is 3.98. The van der Waals surface area contributed by atoms with Crippen molar-refractivity contribution in [3.8, 4) is 0 Å². The van der Waals surface area contributed by atoms with E-state index in [9.17, 15) is 18.7 Å². The van der Waals surface area contributed by atoms with E-state index < -0.39 is 29.8 Å². The van der Waals surface area contributed by atoms with Gasteiger partial charge in [-0.1, -0.05) is 31.2 Å². The first kappa shape index (κ1) is 19.2. The number of rotatable bonds is 5. The summed E-state index contributed by atoms with van der Waals surface area (Å²) < 4.78 is 33.2. The molecule has 1 heterocycles. The van der Waals surface area contributed by atoms with Crippen LogP contribution in [0.5, 0.6) is 0 Å². The highest BCUT2D eigenvalue weighted by Crippen LogP contribution is 2.48. The number of piperidine rings is 1. The zero-order valence-electron chi connectivity index (χ0n) is 15.1. The van der Waals surface area contributed by atoms with Crippen molar-refractivity contribution in [2.24, 2.45) is 5.92 Å². The smallest absolute Gasteiger partial charge is 0.343 e. The number of hydrogen-bond donors (Lipinski definition) is 2. The average Bonchev–Trinajstić information content (AvgIpc) is 3.02. The van der Waals surface area contributed by atoms with Crippen molar-refractivity contribution in [1.82, 2.24) is 5.32 Å². The topological polar surface area (TPSA) is 58.6 Å². The highest BCUT2D eigenvalue weighted by molar-refractivity contribution is 5.82. The van der Waals surface area contributed by atoms with E-state index in [1.807, 2.05) is 19.1 Å². The molecule has 26 heavy (non-hydrogen) atoms. The molecule has 2 atom stereocenters.